The number of fused-ring (bicyclic) bond motifs is 1. The van der Waals surface area contributed by atoms with Crippen molar-refractivity contribution in [3.8, 4) is 0 Å². The Kier molecular flexibility index (Phi) is 6.22. The predicted molar refractivity (Wildman–Crippen MR) is 82.3 cm³/mol. The molecule has 0 spiro atoms. The number of methoxy groups -OCH3 is 1. The van der Waals surface area contributed by atoms with Gasteiger partial charge >= 0.3 is 0 Å². The lowest BCUT2D eigenvalue weighted by Gasteiger charge is -2.13. The Morgan fingerprint density at radius 1 is 1.35 bits per heavy atom. The summed E-state index contributed by atoms with van der Waals surface area (Å²) in [6, 6.07) is 8.08. The second-order valence-electron chi connectivity index (χ2n) is 4.24. The van der Waals surface area contributed by atoms with Crippen molar-refractivity contribution in [3.63, 3.8) is 0 Å². The second kappa shape index (κ2) is 7.93. The molecule has 1 unspecified atom stereocenters. The summed E-state index contributed by atoms with van der Waals surface area (Å²) in [6.07, 6.45) is 0.446. The highest BCUT2D eigenvalue weighted by Crippen LogP contribution is 2.28. The first-order valence-electron chi connectivity index (χ1n) is 6.33. The molecule has 20 heavy (non-hydrogen) atoms. The van der Waals surface area contributed by atoms with Crippen molar-refractivity contribution in [1.29, 1.82) is 0 Å². The van der Waals surface area contributed by atoms with Crippen LogP contribution in [0.25, 0.3) is 10.1 Å². The van der Waals surface area contributed by atoms with Crippen molar-refractivity contribution in [2.24, 2.45) is 5.73 Å². The molecule has 1 heterocycles. The van der Waals surface area contributed by atoms with Crippen LogP contribution in [0.4, 0.5) is 0 Å². The number of hydrogen-bond acceptors (Lipinski definition) is 5. The van der Waals surface area contributed by atoms with Gasteiger partial charge in [-0.25, -0.2) is 0 Å². The Morgan fingerprint density at radius 3 is 2.95 bits per heavy atom. The molecule has 0 aliphatic heterocycles. The SMILES string of the molecule is COC(CN)OCOCCc1cc2cc(Cl)ccc2s1. The highest BCUT2D eigenvalue weighted by Gasteiger charge is 2.05. The van der Waals surface area contributed by atoms with Crippen LogP contribution in [0.1, 0.15) is 4.88 Å². The molecule has 1 aromatic heterocycles. The van der Waals surface area contributed by atoms with E-state index in [0.717, 1.165) is 11.4 Å². The minimum Gasteiger partial charge on any atom is -0.355 e. The van der Waals surface area contributed by atoms with Gasteiger partial charge in [0.25, 0.3) is 0 Å². The molecule has 6 heteroatoms. The van der Waals surface area contributed by atoms with Gasteiger partial charge in [-0.15, -0.1) is 11.3 Å². The molecule has 110 valence electrons. The van der Waals surface area contributed by atoms with Crippen LogP contribution in [0.5, 0.6) is 0 Å². The first kappa shape index (κ1) is 15.7. The Balaban J connectivity index is 1.75. The van der Waals surface area contributed by atoms with Crippen LogP contribution in [0.3, 0.4) is 0 Å². The molecule has 0 aliphatic rings. The maximum absolute atomic E-state index is 5.97. The zero-order valence-corrected chi connectivity index (χ0v) is 12.9. The van der Waals surface area contributed by atoms with E-state index in [2.05, 4.69) is 6.07 Å². The van der Waals surface area contributed by atoms with Gasteiger partial charge in [-0.1, -0.05) is 11.6 Å². The third-order valence-electron chi connectivity index (χ3n) is 2.81. The summed E-state index contributed by atoms with van der Waals surface area (Å²) < 4.78 is 16.9. The Morgan fingerprint density at radius 2 is 2.20 bits per heavy atom. The van der Waals surface area contributed by atoms with Gasteiger partial charge in [-0.3, -0.25) is 0 Å². The topological polar surface area (TPSA) is 53.7 Å². The number of ether oxygens (including phenoxy) is 3. The van der Waals surface area contributed by atoms with E-state index in [9.17, 15) is 0 Å². The van der Waals surface area contributed by atoms with E-state index in [4.69, 9.17) is 31.5 Å². The van der Waals surface area contributed by atoms with Crippen molar-refractivity contribution in [3.05, 3.63) is 34.2 Å². The molecule has 2 N–H and O–H groups in total. The van der Waals surface area contributed by atoms with E-state index < -0.39 is 6.29 Å². The highest BCUT2D eigenvalue weighted by molar-refractivity contribution is 7.19. The van der Waals surface area contributed by atoms with Gasteiger partial charge in [-0.2, -0.15) is 0 Å². The number of nitrogens with two attached hydrogens (primary N) is 1. The van der Waals surface area contributed by atoms with Gasteiger partial charge in [0.1, 0.15) is 6.79 Å². The van der Waals surface area contributed by atoms with Gasteiger partial charge in [-0.05, 0) is 29.7 Å². The summed E-state index contributed by atoms with van der Waals surface area (Å²) in [5.41, 5.74) is 5.43. The van der Waals surface area contributed by atoms with E-state index in [0.29, 0.717) is 13.2 Å². The van der Waals surface area contributed by atoms with Gasteiger partial charge in [0.05, 0.1) is 6.61 Å². The zero-order valence-electron chi connectivity index (χ0n) is 11.3. The first-order valence-corrected chi connectivity index (χ1v) is 7.52. The molecule has 0 saturated carbocycles. The summed E-state index contributed by atoms with van der Waals surface area (Å²) in [6.45, 7) is 1.10. The molecule has 4 nitrogen and oxygen atoms in total. The lowest BCUT2D eigenvalue weighted by atomic mass is 10.2. The van der Waals surface area contributed by atoms with Gasteiger partial charge < -0.3 is 19.9 Å². The average Bonchev–Trinajstić information content (AvgIpc) is 2.84. The second-order valence-corrected chi connectivity index (χ2v) is 5.84. The molecule has 1 atom stereocenters. The largest absolute Gasteiger partial charge is 0.355 e. The zero-order chi connectivity index (χ0) is 14.4. The molecule has 0 amide bonds. The van der Waals surface area contributed by atoms with Crippen LogP contribution in [-0.2, 0) is 20.6 Å². The minimum absolute atomic E-state index is 0.187. The molecular formula is C14H18ClNO3S. The number of hydrogen-bond donors (Lipinski definition) is 1. The molecule has 2 aromatic rings. The van der Waals surface area contributed by atoms with E-state index in [1.165, 1.54) is 15.0 Å². The van der Waals surface area contributed by atoms with Crippen LogP contribution in [-0.4, -0.2) is 33.3 Å². The lowest BCUT2D eigenvalue weighted by molar-refractivity contribution is -0.177. The van der Waals surface area contributed by atoms with Crippen LogP contribution >= 0.6 is 22.9 Å². The molecule has 2 rings (SSSR count). The average molecular weight is 316 g/mol. The van der Waals surface area contributed by atoms with Crippen LogP contribution in [0, 0.1) is 0 Å². The molecule has 1 aromatic carbocycles. The first-order chi connectivity index (χ1) is 9.72. The van der Waals surface area contributed by atoms with Gasteiger partial charge in [0.15, 0.2) is 6.29 Å². The molecule has 0 fully saturated rings. The summed E-state index contributed by atoms with van der Waals surface area (Å²) in [7, 11) is 1.56. The smallest absolute Gasteiger partial charge is 0.172 e. The standard InChI is InChI=1S/C14H18ClNO3S/c1-17-14(8-16)19-9-18-5-4-12-7-10-6-11(15)2-3-13(10)20-12/h2-3,6-7,14H,4-5,8-9,16H2,1H3. The highest BCUT2D eigenvalue weighted by atomic mass is 35.5. The van der Waals surface area contributed by atoms with Gasteiger partial charge in [0.2, 0.25) is 0 Å². The number of thiophene rings is 1. The Labute approximate surface area is 127 Å². The Bertz CT molecular complexity index is 542. The van der Waals surface area contributed by atoms with Crippen molar-refractivity contribution >= 4 is 33.0 Å². The van der Waals surface area contributed by atoms with E-state index in [-0.39, 0.29) is 6.79 Å². The fourth-order valence-corrected chi connectivity index (χ4v) is 2.99. The third-order valence-corrected chi connectivity index (χ3v) is 4.23. The lowest BCUT2D eigenvalue weighted by Crippen LogP contribution is -2.26. The maximum atomic E-state index is 5.97. The summed E-state index contributed by atoms with van der Waals surface area (Å²) in [5, 5.41) is 1.94. The van der Waals surface area contributed by atoms with Crippen molar-refractivity contribution < 1.29 is 14.2 Å². The summed E-state index contributed by atoms with van der Waals surface area (Å²) >= 11 is 7.73. The maximum Gasteiger partial charge on any atom is 0.172 e. The molecule has 0 bridgehead atoms. The fraction of sp³-hybridized carbons (Fsp3) is 0.429. The van der Waals surface area contributed by atoms with Crippen molar-refractivity contribution in [2.75, 3.05) is 27.1 Å². The van der Waals surface area contributed by atoms with E-state index in [1.54, 1.807) is 18.4 Å². The van der Waals surface area contributed by atoms with Crippen LogP contribution in [0.2, 0.25) is 5.02 Å². The molecule has 0 saturated heterocycles. The molecule has 0 radical (unpaired) electrons. The number of halogens is 1. The molecular weight excluding hydrogens is 298 g/mol. The van der Waals surface area contributed by atoms with E-state index in [1.807, 2.05) is 18.2 Å². The van der Waals surface area contributed by atoms with Gasteiger partial charge in [0, 0.05) is 34.7 Å². The summed E-state index contributed by atoms with van der Waals surface area (Å²) in [4.78, 5) is 1.27. The van der Waals surface area contributed by atoms with Crippen molar-refractivity contribution in [2.45, 2.75) is 12.7 Å². The third kappa shape index (κ3) is 4.41. The predicted octanol–water partition coefficient (Wildman–Crippen LogP) is 3.02. The summed E-state index contributed by atoms with van der Waals surface area (Å²) in [5.74, 6) is 0. The van der Waals surface area contributed by atoms with Crippen LogP contribution < -0.4 is 5.73 Å². The van der Waals surface area contributed by atoms with Crippen molar-refractivity contribution in [1.82, 2.24) is 0 Å². The monoisotopic (exact) mass is 315 g/mol. The Hall–Kier alpha value is -0.690. The quantitative estimate of drug-likeness (QED) is 0.601. The normalized spacial score (nSPS) is 12.9. The fourth-order valence-electron chi connectivity index (χ4n) is 1.78. The number of rotatable bonds is 8. The number of benzene rings is 1. The van der Waals surface area contributed by atoms with Crippen LogP contribution in [0.15, 0.2) is 24.3 Å². The minimum atomic E-state index is -0.401. The van der Waals surface area contributed by atoms with E-state index >= 15 is 0 Å². The molecule has 0 aliphatic carbocycles.